The highest BCUT2D eigenvalue weighted by atomic mass is 32.2. The smallest absolute Gasteiger partial charge is 0.232 e. The van der Waals surface area contributed by atoms with Gasteiger partial charge in [0, 0.05) is 6.42 Å². The third-order valence-electron chi connectivity index (χ3n) is 6.01. The van der Waals surface area contributed by atoms with Gasteiger partial charge >= 0.3 is 0 Å². The van der Waals surface area contributed by atoms with Crippen LogP contribution in [0.3, 0.4) is 0 Å². The van der Waals surface area contributed by atoms with Crippen molar-refractivity contribution in [3.8, 4) is 17.2 Å². The van der Waals surface area contributed by atoms with E-state index >= 15 is 0 Å². The van der Waals surface area contributed by atoms with Crippen LogP contribution in [-0.4, -0.2) is 40.0 Å². The maximum Gasteiger partial charge on any atom is 0.232 e. The summed E-state index contributed by atoms with van der Waals surface area (Å²) in [5.74, 6) is 2.10. The van der Waals surface area contributed by atoms with Gasteiger partial charge in [-0.3, -0.25) is 4.31 Å². The standard InChI is InChI=1S/C30H39NO5S/c1-21-8-12-27(13-9-21)31(37(7,32)33)20-26(6)36-29-15-11-23(3)19-30(29)34-17-16-25(5)35-28-14-10-22(2)18-24(28)4/h8-15,18-19,25-26H,16-17,20H2,1-7H3. The fraction of sp³-hybridized carbons (Fsp3) is 0.400. The Bertz CT molecular complexity index is 1290. The zero-order chi connectivity index (χ0) is 27.2. The van der Waals surface area contributed by atoms with E-state index in [9.17, 15) is 8.42 Å². The molecule has 0 aliphatic heterocycles. The van der Waals surface area contributed by atoms with Crippen LogP contribution in [0.15, 0.2) is 60.7 Å². The van der Waals surface area contributed by atoms with Gasteiger partial charge in [-0.15, -0.1) is 0 Å². The predicted octanol–water partition coefficient (Wildman–Crippen LogP) is 6.39. The largest absolute Gasteiger partial charge is 0.490 e. The maximum atomic E-state index is 12.5. The third kappa shape index (κ3) is 8.42. The summed E-state index contributed by atoms with van der Waals surface area (Å²) in [5.41, 5.74) is 5.05. The topological polar surface area (TPSA) is 65.1 Å². The van der Waals surface area contributed by atoms with E-state index in [1.165, 1.54) is 16.1 Å². The number of anilines is 1. The molecule has 0 aliphatic rings. The molecule has 0 radical (unpaired) electrons. The molecule has 3 aromatic rings. The highest BCUT2D eigenvalue weighted by molar-refractivity contribution is 7.92. The second kappa shape index (κ2) is 12.4. The molecule has 200 valence electrons. The molecule has 37 heavy (non-hydrogen) atoms. The van der Waals surface area contributed by atoms with Crippen molar-refractivity contribution in [3.63, 3.8) is 0 Å². The van der Waals surface area contributed by atoms with E-state index in [1.54, 1.807) is 0 Å². The molecule has 0 amide bonds. The predicted molar refractivity (Wildman–Crippen MR) is 151 cm³/mol. The first-order chi connectivity index (χ1) is 17.4. The zero-order valence-corrected chi connectivity index (χ0v) is 23.8. The van der Waals surface area contributed by atoms with Gasteiger partial charge in [0.2, 0.25) is 10.0 Å². The fourth-order valence-corrected chi connectivity index (χ4v) is 4.98. The van der Waals surface area contributed by atoms with E-state index in [2.05, 4.69) is 13.0 Å². The number of benzene rings is 3. The molecular weight excluding hydrogens is 486 g/mol. The summed E-state index contributed by atoms with van der Waals surface area (Å²) < 4.78 is 44.8. The molecule has 0 aromatic heterocycles. The molecule has 0 aliphatic carbocycles. The lowest BCUT2D eigenvalue weighted by Crippen LogP contribution is -2.38. The molecule has 0 fully saturated rings. The molecule has 3 rings (SSSR count). The number of sulfonamides is 1. The van der Waals surface area contributed by atoms with Crippen LogP contribution < -0.4 is 18.5 Å². The van der Waals surface area contributed by atoms with Crippen molar-refractivity contribution in [2.45, 2.75) is 60.2 Å². The molecule has 2 unspecified atom stereocenters. The van der Waals surface area contributed by atoms with Crippen LogP contribution in [0.1, 0.15) is 42.5 Å². The van der Waals surface area contributed by atoms with E-state index in [0.717, 1.165) is 22.4 Å². The summed E-state index contributed by atoms with van der Waals surface area (Å²) in [6.07, 6.45) is 1.48. The zero-order valence-electron chi connectivity index (χ0n) is 22.9. The van der Waals surface area contributed by atoms with Gasteiger partial charge in [-0.1, -0.05) is 41.5 Å². The van der Waals surface area contributed by atoms with Crippen molar-refractivity contribution >= 4 is 15.7 Å². The molecule has 3 aromatic carbocycles. The van der Waals surface area contributed by atoms with E-state index in [0.29, 0.717) is 30.2 Å². The van der Waals surface area contributed by atoms with Gasteiger partial charge in [0.1, 0.15) is 11.9 Å². The van der Waals surface area contributed by atoms with E-state index in [4.69, 9.17) is 14.2 Å². The van der Waals surface area contributed by atoms with Crippen LogP contribution in [0.25, 0.3) is 0 Å². The average Bonchev–Trinajstić information content (AvgIpc) is 2.81. The minimum atomic E-state index is -3.48. The second-order valence-corrected chi connectivity index (χ2v) is 11.7. The Morgan fingerprint density at radius 1 is 0.730 bits per heavy atom. The molecule has 0 heterocycles. The molecule has 7 heteroatoms. The average molecular weight is 526 g/mol. The molecule has 2 atom stereocenters. The van der Waals surface area contributed by atoms with Crippen LogP contribution in [0.4, 0.5) is 5.69 Å². The van der Waals surface area contributed by atoms with Gasteiger partial charge in [-0.25, -0.2) is 8.42 Å². The lowest BCUT2D eigenvalue weighted by molar-refractivity contribution is 0.168. The SMILES string of the molecule is Cc1ccc(N(CC(C)Oc2ccc(C)cc2OCCC(C)Oc2ccc(C)cc2C)S(C)(=O)=O)cc1. The molecule has 0 saturated heterocycles. The van der Waals surface area contributed by atoms with Gasteiger partial charge in [0.05, 0.1) is 31.2 Å². The van der Waals surface area contributed by atoms with Crippen LogP contribution in [0.5, 0.6) is 17.2 Å². The van der Waals surface area contributed by atoms with Gasteiger partial charge in [-0.2, -0.15) is 0 Å². The summed E-state index contributed by atoms with van der Waals surface area (Å²) in [6, 6.07) is 19.3. The molecule has 0 saturated carbocycles. The number of ether oxygens (including phenoxy) is 3. The first-order valence-corrected chi connectivity index (χ1v) is 14.5. The Balaban J connectivity index is 1.63. The summed E-state index contributed by atoms with van der Waals surface area (Å²) in [5, 5.41) is 0. The Labute approximate surface area is 222 Å². The summed E-state index contributed by atoms with van der Waals surface area (Å²) in [7, 11) is -3.48. The maximum absolute atomic E-state index is 12.5. The number of hydrogen-bond acceptors (Lipinski definition) is 5. The number of aryl methyl sites for hydroxylation is 4. The minimum Gasteiger partial charge on any atom is -0.490 e. The van der Waals surface area contributed by atoms with Crippen molar-refractivity contribution < 1.29 is 22.6 Å². The summed E-state index contributed by atoms with van der Waals surface area (Å²) in [4.78, 5) is 0. The van der Waals surface area contributed by atoms with Crippen molar-refractivity contribution in [3.05, 3.63) is 82.9 Å². The summed E-state index contributed by atoms with van der Waals surface area (Å²) in [6.45, 7) is 12.6. The molecule has 0 bridgehead atoms. The van der Waals surface area contributed by atoms with Crippen molar-refractivity contribution in [2.75, 3.05) is 23.7 Å². The van der Waals surface area contributed by atoms with E-state index in [-0.39, 0.29) is 12.6 Å². The lowest BCUT2D eigenvalue weighted by atomic mass is 10.1. The van der Waals surface area contributed by atoms with Crippen LogP contribution in [0, 0.1) is 27.7 Å². The van der Waals surface area contributed by atoms with Crippen molar-refractivity contribution in [1.82, 2.24) is 0 Å². The molecular formula is C30H39NO5S. The Kier molecular flexibility index (Phi) is 9.49. The normalized spacial score (nSPS) is 13.1. The fourth-order valence-electron chi connectivity index (χ4n) is 4.00. The number of hydrogen-bond donors (Lipinski definition) is 0. The Morgan fingerprint density at radius 3 is 1.92 bits per heavy atom. The van der Waals surface area contributed by atoms with Crippen LogP contribution >= 0.6 is 0 Å². The van der Waals surface area contributed by atoms with Crippen LogP contribution in [-0.2, 0) is 10.0 Å². The lowest BCUT2D eigenvalue weighted by Gasteiger charge is -2.27. The molecule has 0 N–H and O–H groups in total. The first kappa shape index (κ1) is 28.4. The summed E-state index contributed by atoms with van der Waals surface area (Å²) >= 11 is 0. The highest BCUT2D eigenvalue weighted by Crippen LogP contribution is 2.30. The first-order valence-electron chi connectivity index (χ1n) is 12.6. The quantitative estimate of drug-likeness (QED) is 0.274. The van der Waals surface area contributed by atoms with Gasteiger partial charge < -0.3 is 14.2 Å². The third-order valence-corrected chi connectivity index (χ3v) is 7.17. The van der Waals surface area contributed by atoms with Crippen molar-refractivity contribution in [2.24, 2.45) is 0 Å². The van der Waals surface area contributed by atoms with E-state index < -0.39 is 16.1 Å². The molecule has 6 nitrogen and oxygen atoms in total. The monoisotopic (exact) mass is 525 g/mol. The highest BCUT2D eigenvalue weighted by Gasteiger charge is 2.22. The second-order valence-electron chi connectivity index (χ2n) is 9.84. The van der Waals surface area contributed by atoms with Crippen molar-refractivity contribution in [1.29, 1.82) is 0 Å². The molecule has 0 spiro atoms. The minimum absolute atomic E-state index is 0.0210. The van der Waals surface area contributed by atoms with Gasteiger partial charge in [0.15, 0.2) is 11.5 Å². The van der Waals surface area contributed by atoms with Gasteiger partial charge in [0.25, 0.3) is 0 Å². The van der Waals surface area contributed by atoms with Crippen LogP contribution in [0.2, 0.25) is 0 Å². The Morgan fingerprint density at radius 2 is 1.30 bits per heavy atom. The Hall–Kier alpha value is -3.19. The van der Waals surface area contributed by atoms with Gasteiger partial charge in [-0.05, 0) is 83.0 Å². The van der Waals surface area contributed by atoms with E-state index in [1.807, 2.05) is 89.2 Å². The number of rotatable bonds is 12. The number of nitrogens with zero attached hydrogens (tertiary/aromatic N) is 1.